The number of alkyl halides is 2. The minimum atomic E-state index is -4.71. The molecule has 5 rings (SSSR count). The van der Waals surface area contributed by atoms with Gasteiger partial charge in [-0.3, -0.25) is 14.6 Å². The van der Waals surface area contributed by atoms with Crippen LogP contribution in [0.2, 0.25) is 0 Å². The van der Waals surface area contributed by atoms with Crippen molar-refractivity contribution < 1.29 is 56.7 Å². The Labute approximate surface area is 326 Å². The first-order valence-electron chi connectivity index (χ1n) is 19.0. The number of carbonyl (C=O) groups excluding carboxylic acids is 4. The lowest BCUT2D eigenvalue weighted by Gasteiger charge is -2.47. The van der Waals surface area contributed by atoms with Crippen molar-refractivity contribution in [1.82, 2.24) is 15.2 Å². The molecule has 3 saturated heterocycles. The normalized spacial score (nSPS) is 36.8. The summed E-state index contributed by atoms with van der Waals surface area (Å²) in [5.74, 6) is -6.79. The molecular weight excluding hydrogens is 732 g/mol. The van der Waals surface area contributed by atoms with Gasteiger partial charge in [-0.25, -0.2) is 9.59 Å². The standard InChI is InChI=1S/C41H53F2N3O10/c1-10-30-40(7)33(45-38(51)56-40)24(4)31(47)22(2)20-39(6,52-17-13-14-26-19-27-15-11-12-16-28(27)44-21-26)35(25(5)34(49)41(42,43)37(50)54-30)55-36-32(48)29(46(8)9)18-23(3)53-36/h11-12,15-16,19,21-25,29-30,32-33,35-36,48H,10,17-18,20H2,1-9H3,(H,45,51)/t22-,23-,24+,25+,29+,30-,32-,33-,35-,36+,39+,40-/m1/s1. The number of Topliss-reactive ketones (excluding diaryl/α,β-unsaturated/α-hetero) is 2. The minimum Gasteiger partial charge on any atom is -0.453 e. The molecule has 0 saturated carbocycles. The molecule has 1 amide bonds. The summed E-state index contributed by atoms with van der Waals surface area (Å²) < 4.78 is 62.1. The maximum atomic E-state index is 16.2. The van der Waals surface area contributed by atoms with Gasteiger partial charge >= 0.3 is 18.0 Å². The summed E-state index contributed by atoms with van der Waals surface area (Å²) in [5.41, 5.74) is -2.14. The summed E-state index contributed by atoms with van der Waals surface area (Å²) in [7, 11) is 3.53. The number of nitrogens with one attached hydrogen (secondary N) is 1. The van der Waals surface area contributed by atoms with E-state index in [1.165, 1.54) is 27.7 Å². The molecule has 1 aromatic heterocycles. The number of aromatic nitrogens is 1. The number of pyridine rings is 1. The fourth-order valence-corrected chi connectivity index (χ4v) is 8.43. The SMILES string of the molecule is CC[C@H]1OC(=O)C(F)(F)C(=O)[C@H](C)[C@@H](O[C@@H]2O[C@H](C)C[C@H](N(C)C)[C@H]2O)[C@@](C)(OCC#Cc2cnc3ccccc3c2)C[C@@H](C)C(=O)[C@H](C)[C@H]2NC(=O)O[C@@]21C. The number of hydrogen-bond acceptors (Lipinski definition) is 12. The molecule has 0 radical (unpaired) electrons. The Hall–Kier alpha value is -4.07. The number of para-hydroxylation sites is 1. The van der Waals surface area contributed by atoms with Crippen LogP contribution in [0.1, 0.15) is 73.3 Å². The van der Waals surface area contributed by atoms with Crippen molar-refractivity contribution in [1.29, 1.82) is 0 Å². The fraction of sp³-hybridized carbons (Fsp3) is 0.634. The minimum absolute atomic E-state index is 0.0833. The molecule has 1 aromatic carbocycles. The molecule has 15 heteroatoms. The average Bonchev–Trinajstić information content (AvgIpc) is 3.47. The largest absolute Gasteiger partial charge is 0.453 e. The van der Waals surface area contributed by atoms with Crippen LogP contribution in [0, 0.1) is 29.6 Å². The molecule has 2 N–H and O–H groups in total. The number of amides is 1. The number of ether oxygens (including phenoxy) is 5. The van der Waals surface area contributed by atoms with Crippen LogP contribution in [-0.4, -0.2) is 119 Å². The lowest BCUT2D eigenvalue weighted by atomic mass is 9.74. The molecule has 0 spiro atoms. The Kier molecular flexibility index (Phi) is 12.9. The van der Waals surface area contributed by atoms with Crippen LogP contribution < -0.4 is 5.32 Å². The number of likely N-dealkylation sites (N-methyl/N-ethyl adjacent to an activating group) is 1. The highest BCUT2D eigenvalue weighted by Gasteiger charge is 2.61. The molecule has 56 heavy (non-hydrogen) atoms. The lowest BCUT2D eigenvalue weighted by molar-refractivity contribution is -0.297. The predicted molar refractivity (Wildman–Crippen MR) is 199 cm³/mol. The first-order chi connectivity index (χ1) is 26.2. The van der Waals surface area contributed by atoms with Crippen LogP contribution in [0.15, 0.2) is 36.5 Å². The molecule has 3 fully saturated rings. The van der Waals surface area contributed by atoms with Gasteiger partial charge in [0.1, 0.15) is 24.6 Å². The number of fused-ring (bicyclic) bond motifs is 2. The summed E-state index contributed by atoms with van der Waals surface area (Å²) in [5, 5.41) is 14.9. The van der Waals surface area contributed by atoms with Crippen LogP contribution in [0.3, 0.4) is 0 Å². The summed E-state index contributed by atoms with van der Waals surface area (Å²) >= 11 is 0. The maximum absolute atomic E-state index is 16.2. The topological polar surface area (TPSA) is 163 Å². The fourth-order valence-electron chi connectivity index (χ4n) is 8.43. The number of halogens is 2. The van der Waals surface area contributed by atoms with Crippen LogP contribution in [0.4, 0.5) is 13.6 Å². The first kappa shape index (κ1) is 43.1. The van der Waals surface area contributed by atoms with Crippen molar-refractivity contribution in [3.63, 3.8) is 0 Å². The van der Waals surface area contributed by atoms with E-state index < -0.39 is 95.5 Å². The van der Waals surface area contributed by atoms with Crippen molar-refractivity contribution in [2.75, 3.05) is 20.7 Å². The van der Waals surface area contributed by atoms with Crippen LogP contribution in [0.5, 0.6) is 0 Å². The third kappa shape index (κ3) is 8.60. The molecule has 4 heterocycles. The van der Waals surface area contributed by atoms with Gasteiger partial charge in [0.25, 0.3) is 0 Å². The zero-order valence-corrected chi connectivity index (χ0v) is 33.3. The van der Waals surface area contributed by atoms with Crippen molar-refractivity contribution in [2.45, 2.75) is 128 Å². The Morgan fingerprint density at radius 2 is 1.77 bits per heavy atom. The smallest absolute Gasteiger partial charge is 0.408 e. The van der Waals surface area contributed by atoms with Crippen molar-refractivity contribution >= 4 is 34.5 Å². The van der Waals surface area contributed by atoms with Gasteiger partial charge in [0.05, 0.1) is 35.3 Å². The van der Waals surface area contributed by atoms with E-state index in [4.69, 9.17) is 23.7 Å². The predicted octanol–water partition coefficient (Wildman–Crippen LogP) is 4.45. The second-order valence-electron chi connectivity index (χ2n) is 16.0. The molecule has 0 unspecified atom stereocenters. The number of rotatable bonds is 6. The van der Waals surface area contributed by atoms with Gasteiger partial charge in [-0.05, 0) is 66.3 Å². The third-order valence-electron chi connectivity index (χ3n) is 11.5. The molecule has 13 nitrogen and oxygen atoms in total. The van der Waals surface area contributed by atoms with Gasteiger partial charge in [0, 0.05) is 35.0 Å². The van der Waals surface area contributed by atoms with Crippen molar-refractivity contribution in [3.05, 3.63) is 42.1 Å². The number of aliphatic hydroxyl groups excluding tert-OH is 1. The van der Waals surface area contributed by atoms with Crippen LogP contribution in [0.25, 0.3) is 10.9 Å². The van der Waals surface area contributed by atoms with E-state index in [1.54, 1.807) is 46.0 Å². The number of cyclic esters (lactones) is 1. The van der Waals surface area contributed by atoms with Gasteiger partial charge in [0.2, 0.25) is 5.78 Å². The first-order valence-corrected chi connectivity index (χ1v) is 19.0. The zero-order valence-electron chi connectivity index (χ0n) is 33.3. The van der Waals surface area contributed by atoms with Gasteiger partial charge in [0.15, 0.2) is 11.9 Å². The van der Waals surface area contributed by atoms with E-state index in [0.29, 0.717) is 12.0 Å². The molecule has 0 bridgehead atoms. The number of alkyl carbamates (subject to hydrolysis) is 1. The van der Waals surface area contributed by atoms with E-state index in [1.807, 2.05) is 30.3 Å². The number of aliphatic hydroxyl groups is 1. The zero-order chi connectivity index (χ0) is 41.3. The highest BCUT2D eigenvalue weighted by Crippen LogP contribution is 2.41. The quantitative estimate of drug-likeness (QED) is 0.241. The summed E-state index contributed by atoms with van der Waals surface area (Å²) in [6, 6.07) is 7.79. The molecule has 306 valence electrons. The van der Waals surface area contributed by atoms with E-state index in [0.717, 1.165) is 10.9 Å². The second-order valence-corrected chi connectivity index (χ2v) is 16.0. The maximum Gasteiger partial charge on any atom is 0.408 e. The lowest BCUT2D eigenvalue weighted by Crippen LogP contribution is -2.61. The molecular formula is C41H53F2N3O10. The summed E-state index contributed by atoms with van der Waals surface area (Å²) in [6.45, 7) is 10.3. The number of benzene rings is 1. The molecule has 2 aromatic rings. The number of hydrogen-bond donors (Lipinski definition) is 2. The van der Waals surface area contributed by atoms with E-state index in [2.05, 4.69) is 22.1 Å². The van der Waals surface area contributed by atoms with Crippen LogP contribution in [-0.2, 0) is 38.1 Å². The van der Waals surface area contributed by atoms with E-state index in [-0.39, 0.29) is 25.2 Å². The van der Waals surface area contributed by atoms with Gasteiger partial charge < -0.3 is 39.0 Å². The Balaban J connectivity index is 1.59. The monoisotopic (exact) mass is 785 g/mol. The number of ketones is 2. The summed E-state index contributed by atoms with van der Waals surface area (Å²) in [6.07, 6.45) is -5.43. The number of carbonyl (C=O) groups is 4. The van der Waals surface area contributed by atoms with Gasteiger partial charge in [-0.2, -0.15) is 8.78 Å². The van der Waals surface area contributed by atoms with Crippen molar-refractivity contribution in [2.24, 2.45) is 17.8 Å². The van der Waals surface area contributed by atoms with E-state index in [9.17, 15) is 24.3 Å². The molecule has 0 aliphatic carbocycles. The molecule has 3 aliphatic rings. The molecule has 3 aliphatic heterocycles. The highest BCUT2D eigenvalue weighted by atomic mass is 19.3. The Morgan fingerprint density at radius 1 is 1.07 bits per heavy atom. The van der Waals surface area contributed by atoms with Crippen LogP contribution >= 0.6 is 0 Å². The number of nitrogens with zero attached hydrogens (tertiary/aromatic N) is 2. The number of esters is 1. The van der Waals surface area contributed by atoms with E-state index >= 15 is 8.78 Å². The average molecular weight is 786 g/mol. The highest BCUT2D eigenvalue weighted by molar-refractivity contribution is 6.06. The van der Waals surface area contributed by atoms with Gasteiger partial charge in [-0.15, -0.1) is 0 Å². The molecule has 12 atom stereocenters. The van der Waals surface area contributed by atoms with Crippen molar-refractivity contribution in [3.8, 4) is 11.8 Å². The third-order valence-corrected chi connectivity index (χ3v) is 11.5. The van der Waals surface area contributed by atoms with Gasteiger partial charge in [-0.1, -0.05) is 57.7 Å². The Morgan fingerprint density at radius 3 is 2.45 bits per heavy atom. The second kappa shape index (κ2) is 16.8. The summed E-state index contributed by atoms with van der Waals surface area (Å²) in [4.78, 5) is 60.5. The Bertz CT molecular complexity index is 1870.